The van der Waals surface area contributed by atoms with Gasteiger partial charge in [-0.3, -0.25) is 14.9 Å². The molecule has 0 fully saturated rings. The van der Waals surface area contributed by atoms with Crippen molar-refractivity contribution in [1.29, 1.82) is 0 Å². The average molecular weight is 351 g/mol. The number of ketones is 1. The minimum Gasteiger partial charge on any atom is -0.344 e. The molecule has 0 aliphatic heterocycles. The number of para-hydroxylation sites is 2. The summed E-state index contributed by atoms with van der Waals surface area (Å²) in [5.74, 6) is -0.385. The Bertz CT molecular complexity index is 906. The zero-order valence-electron chi connectivity index (χ0n) is 13.9. The Morgan fingerprint density at radius 1 is 1.04 bits per heavy atom. The number of hydrogen-bond acceptors (Lipinski definition) is 5. The zero-order chi connectivity index (χ0) is 17.8. The van der Waals surface area contributed by atoms with Crippen LogP contribution in [-0.4, -0.2) is 23.7 Å². The number of anilines is 3. The molecule has 6 heteroatoms. The van der Waals surface area contributed by atoms with Crippen molar-refractivity contribution in [3.63, 3.8) is 0 Å². The lowest BCUT2D eigenvalue weighted by Crippen LogP contribution is -2.18. The Morgan fingerprint density at radius 2 is 1.72 bits per heavy atom. The van der Waals surface area contributed by atoms with Crippen molar-refractivity contribution >= 4 is 39.5 Å². The smallest absolute Gasteiger partial charge is 0.259 e. The van der Waals surface area contributed by atoms with E-state index < -0.39 is 0 Å². The van der Waals surface area contributed by atoms with Crippen LogP contribution in [0.2, 0.25) is 0 Å². The standard InChI is InChI=1S/C19H17N3O2S/c1-13(23)16-12-25-19(20-16)21-18(24)15-10-6-7-11-17(15)22(2)14-8-4-3-5-9-14/h3-12H,1-2H3,(H,20,21,24). The van der Waals surface area contributed by atoms with Crippen LogP contribution in [0.15, 0.2) is 60.0 Å². The largest absolute Gasteiger partial charge is 0.344 e. The summed E-state index contributed by atoms with van der Waals surface area (Å²) < 4.78 is 0. The van der Waals surface area contributed by atoms with Crippen LogP contribution in [0.5, 0.6) is 0 Å². The van der Waals surface area contributed by atoms with E-state index in [0.717, 1.165) is 11.4 Å². The lowest BCUT2D eigenvalue weighted by molar-refractivity contribution is 0.100. The second-order valence-electron chi connectivity index (χ2n) is 5.46. The summed E-state index contributed by atoms with van der Waals surface area (Å²) >= 11 is 1.23. The van der Waals surface area contributed by atoms with E-state index in [0.29, 0.717) is 16.4 Å². The third-order valence-electron chi connectivity index (χ3n) is 3.74. The van der Waals surface area contributed by atoms with Crippen molar-refractivity contribution in [2.75, 3.05) is 17.3 Å². The summed E-state index contributed by atoms with van der Waals surface area (Å²) in [6, 6.07) is 17.2. The molecular formula is C19H17N3O2S. The molecular weight excluding hydrogens is 334 g/mol. The highest BCUT2D eigenvalue weighted by molar-refractivity contribution is 7.14. The molecule has 25 heavy (non-hydrogen) atoms. The van der Waals surface area contributed by atoms with Crippen molar-refractivity contribution in [2.45, 2.75) is 6.92 Å². The molecule has 2 aromatic carbocycles. The number of nitrogens with zero attached hydrogens (tertiary/aromatic N) is 2. The molecule has 0 atom stereocenters. The van der Waals surface area contributed by atoms with Gasteiger partial charge in [0.05, 0.1) is 11.3 Å². The van der Waals surface area contributed by atoms with Crippen molar-refractivity contribution in [3.8, 4) is 0 Å². The zero-order valence-corrected chi connectivity index (χ0v) is 14.7. The number of carbonyl (C=O) groups excluding carboxylic acids is 2. The van der Waals surface area contributed by atoms with E-state index in [1.807, 2.05) is 60.5 Å². The third-order valence-corrected chi connectivity index (χ3v) is 4.50. The Morgan fingerprint density at radius 3 is 2.40 bits per heavy atom. The predicted molar refractivity (Wildman–Crippen MR) is 101 cm³/mol. The monoisotopic (exact) mass is 351 g/mol. The normalized spacial score (nSPS) is 10.3. The first-order valence-corrected chi connectivity index (χ1v) is 8.60. The van der Waals surface area contributed by atoms with E-state index >= 15 is 0 Å². The fraction of sp³-hybridized carbons (Fsp3) is 0.105. The van der Waals surface area contributed by atoms with Gasteiger partial charge in [0, 0.05) is 25.0 Å². The summed E-state index contributed by atoms with van der Waals surface area (Å²) in [7, 11) is 1.92. The molecule has 0 radical (unpaired) electrons. The highest BCUT2D eigenvalue weighted by Gasteiger charge is 2.16. The molecule has 0 aliphatic rings. The lowest BCUT2D eigenvalue weighted by atomic mass is 10.1. The van der Waals surface area contributed by atoms with Crippen LogP contribution in [0.4, 0.5) is 16.5 Å². The molecule has 0 saturated carbocycles. The fourth-order valence-electron chi connectivity index (χ4n) is 2.41. The van der Waals surface area contributed by atoms with Gasteiger partial charge in [0.15, 0.2) is 10.9 Å². The minimum absolute atomic E-state index is 0.124. The van der Waals surface area contributed by atoms with E-state index in [1.54, 1.807) is 11.4 Å². The van der Waals surface area contributed by atoms with E-state index in [1.165, 1.54) is 18.3 Å². The molecule has 1 heterocycles. The molecule has 1 amide bonds. The number of thiazole rings is 1. The highest BCUT2D eigenvalue weighted by atomic mass is 32.1. The summed E-state index contributed by atoms with van der Waals surface area (Å²) in [5, 5.41) is 4.82. The van der Waals surface area contributed by atoms with Gasteiger partial charge in [-0.2, -0.15) is 0 Å². The van der Waals surface area contributed by atoms with Crippen LogP contribution < -0.4 is 10.2 Å². The number of amides is 1. The SMILES string of the molecule is CC(=O)c1csc(NC(=O)c2ccccc2N(C)c2ccccc2)n1. The van der Waals surface area contributed by atoms with Crippen LogP contribution in [-0.2, 0) is 0 Å². The molecule has 0 aliphatic carbocycles. The number of benzene rings is 2. The molecule has 1 aromatic heterocycles. The number of aromatic nitrogens is 1. The molecule has 5 nitrogen and oxygen atoms in total. The summed E-state index contributed by atoms with van der Waals surface area (Å²) in [6.45, 7) is 1.45. The van der Waals surface area contributed by atoms with Gasteiger partial charge >= 0.3 is 0 Å². The van der Waals surface area contributed by atoms with Crippen LogP contribution in [0.3, 0.4) is 0 Å². The maximum absolute atomic E-state index is 12.7. The summed E-state index contributed by atoms with van der Waals surface area (Å²) in [5.41, 5.74) is 2.66. The van der Waals surface area contributed by atoms with Gasteiger partial charge in [0.25, 0.3) is 5.91 Å². The molecule has 0 unspecified atom stereocenters. The highest BCUT2D eigenvalue weighted by Crippen LogP contribution is 2.27. The first-order chi connectivity index (χ1) is 12.1. The number of carbonyl (C=O) groups is 2. The van der Waals surface area contributed by atoms with Gasteiger partial charge < -0.3 is 4.90 Å². The molecule has 1 N–H and O–H groups in total. The van der Waals surface area contributed by atoms with Crippen molar-refractivity contribution in [2.24, 2.45) is 0 Å². The van der Waals surface area contributed by atoms with E-state index in [2.05, 4.69) is 10.3 Å². The van der Waals surface area contributed by atoms with Gasteiger partial charge in [0.2, 0.25) is 0 Å². The molecule has 3 rings (SSSR count). The first-order valence-electron chi connectivity index (χ1n) is 7.72. The molecule has 0 spiro atoms. The third kappa shape index (κ3) is 3.75. The van der Waals surface area contributed by atoms with Gasteiger partial charge in [-0.25, -0.2) is 4.98 Å². The molecule has 0 saturated heterocycles. The fourth-order valence-corrected chi connectivity index (χ4v) is 3.15. The number of hydrogen-bond donors (Lipinski definition) is 1. The maximum Gasteiger partial charge on any atom is 0.259 e. The lowest BCUT2D eigenvalue weighted by Gasteiger charge is -2.22. The molecule has 126 valence electrons. The minimum atomic E-state index is -0.261. The predicted octanol–water partition coefficient (Wildman–Crippen LogP) is 4.37. The quantitative estimate of drug-likeness (QED) is 0.694. The average Bonchev–Trinajstić information content (AvgIpc) is 3.10. The van der Waals surface area contributed by atoms with E-state index in [4.69, 9.17) is 0 Å². The van der Waals surface area contributed by atoms with Crippen molar-refractivity contribution < 1.29 is 9.59 Å². The summed E-state index contributed by atoms with van der Waals surface area (Å²) in [6.07, 6.45) is 0. The van der Waals surface area contributed by atoms with Crippen LogP contribution in [0.1, 0.15) is 27.8 Å². The summed E-state index contributed by atoms with van der Waals surface area (Å²) in [4.78, 5) is 30.1. The Kier molecular flexibility index (Phi) is 4.90. The second kappa shape index (κ2) is 7.27. The van der Waals surface area contributed by atoms with Crippen LogP contribution >= 0.6 is 11.3 Å². The van der Waals surface area contributed by atoms with E-state index in [-0.39, 0.29) is 11.7 Å². The molecule has 3 aromatic rings. The number of rotatable bonds is 5. The number of Topliss-reactive ketones (excluding diaryl/α,β-unsaturated/α-hetero) is 1. The van der Waals surface area contributed by atoms with Crippen LogP contribution in [0, 0.1) is 0 Å². The van der Waals surface area contributed by atoms with Crippen LogP contribution in [0.25, 0.3) is 0 Å². The Labute approximate surface area is 149 Å². The Balaban J connectivity index is 1.87. The van der Waals surface area contributed by atoms with Gasteiger partial charge in [-0.15, -0.1) is 11.3 Å². The number of nitrogens with one attached hydrogen (secondary N) is 1. The van der Waals surface area contributed by atoms with Gasteiger partial charge in [-0.05, 0) is 24.3 Å². The Hall–Kier alpha value is -2.99. The van der Waals surface area contributed by atoms with E-state index in [9.17, 15) is 9.59 Å². The van der Waals surface area contributed by atoms with Crippen molar-refractivity contribution in [3.05, 3.63) is 71.2 Å². The first kappa shape index (κ1) is 16.9. The molecule has 0 bridgehead atoms. The maximum atomic E-state index is 12.7. The second-order valence-corrected chi connectivity index (χ2v) is 6.32. The topological polar surface area (TPSA) is 62.3 Å². The van der Waals surface area contributed by atoms with Gasteiger partial charge in [-0.1, -0.05) is 30.3 Å². The van der Waals surface area contributed by atoms with Crippen molar-refractivity contribution in [1.82, 2.24) is 4.98 Å². The van der Waals surface area contributed by atoms with Gasteiger partial charge in [0.1, 0.15) is 5.69 Å².